The number of likely N-dealkylation sites (N-methyl/N-ethyl adjacent to an activating group) is 1. The maximum atomic E-state index is 13.3. The fourth-order valence-corrected chi connectivity index (χ4v) is 4.98. The summed E-state index contributed by atoms with van der Waals surface area (Å²) in [7, 11) is 3.54. The van der Waals surface area contributed by atoms with Gasteiger partial charge in [-0.15, -0.1) is 0 Å². The number of aromatic nitrogens is 1. The molecule has 0 saturated carbocycles. The molecule has 1 aromatic heterocycles. The van der Waals surface area contributed by atoms with E-state index in [9.17, 15) is 9.59 Å². The standard InChI is InChI=1S/C26H33N3O4/c1-28(25(30)21-7-4-12-27-18-21)23(17-19-6-3-8-22(16-19)32-2)20-10-13-29(14-11-20)26(31)24-9-5-15-33-24/h3-4,6-8,12,16,18,20,23-24H,5,9-11,13-15,17H2,1-2H3/t23-,24-/m0/s1. The Morgan fingerprint density at radius 1 is 1.21 bits per heavy atom. The molecule has 3 heterocycles. The Bertz CT molecular complexity index is 938. The number of hydrogen-bond donors (Lipinski definition) is 0. The number of likely N-dealkylation sites (tertiary alicyclic amines) is 1. The van der Waals surface area contributed by atoms with E-state index in [-0.39, 0.29) is 29.9 Å². The predicted octanol–water partition coefficient (Wildman–Crippen LogP) is 3.19. The molecular formula is C26H33N3O4. The minimum Gasteiger partial charge on any atom is -0.497 e. The van der Waals surface area contributed by atoms with Crippen molar-refractivity contribution in [1.29, 1.82) is 0 Å². The molecule has 176 valence electrons. The number of amides is 2. The lowest BCUT2D eigenvalue weighted by atomic mass is 9.84. The van der Waals surface area contributed by atoms with Crippen molar-refractivity contribution in [2.45, 2.75) is 44.2 Å². The van der Waals surface area contributed by atoms with Gasteiger partial charge in [0.25, 0.3) is 11.8 Å². The first-order chi connectivity index (χ1) is 16.1. The molecule has 2 saturated heterocycles. The molecule has 2 fully saturated rings. The lowest BCUT2D eigenvalue weighted by Gasteiger charge is -2.40. The summed E-state index contributed by atoms with van der Waals surface area (Å²) >= 11 is 0. The molecular weight excluding hydrogens is 418 g/mol. The lowest BCUT2D eigenvalue weighted by molar-refractivity contribution is -0.142. The van der Waals surface area contributed by atoms with Crippen molar-refractivity contribution in [2.75, 3.05) is 33.9 Å². The minimum atomic E-state index is -0.274. The summed E-state index contributed by atoms with van der Waals surface area (Å²) in [6, 6.07) is 11.6. The van der Waals surface area contributed by atoms with Crippen molar-refractivity contribution in [3.05, 3.63) is 59.9 Å². The van der Waals surface area contributed by atoms with Gasteiger partial charge in [-0.25, -0.2) is 0 Å². The highest BCUT2D eigenvalue weighted by molar-refractivity contribution is 5.94. The van der Waals surface area contributed by atoms with Gasteiger partial charge in [-0.2, -0.15) is 0 Å². The van der Waals surface area contributed by atoms with Crippen LogP contribution in [0, 0.1) is 5.92 Å². The Morgan fingerprint density at radius 2 is 2.03 bits per heavy atom. The van der Waals surface area contributed by atoms with E-state index in [0.717, 1.165) is 43.4 Å². The van der Waals surface area contributed by atoms with Crippen LogP contribution in [0.2, 0.25) is 0 Å². The average molecular weight is 452 g/mol. The summed E-state index contributed by atoms with van der Waals surface area (Å²) in [6.45, 7) is 2.08. The van der Waals surface area contributed by atoms with Crippen LogP contribution in [0.4, 0.5) is 0 Å². The first-order valence-corrected chi connectivity index (χ1v) is 11.8. The van der Waals surface area contributed by atoms with Crippen molar-refractivity contribution in [3.8, 4) is 5.75 Å². The number of rotatable bonds is 7. The second-order valence-electron chi connectivity index (χ2n) is 8.95. The summed E-state index contributed by atoms with van der Waals surface area (Å²) in [6.07, 6.45) is 7.23. The van der Waals surface area contributed by atoms with Gasteiger partial charge in [0.2, 0.25) is 0 Å². The van der Waals surface area contributed by atoms with Gasteiger partial charge in [-0.3, -0.25) is 14.6 Å². The minimum absolute atomic E-state index is 0.00444. The van der Waals surface area contributed by atoms with Crippen LogP contribution in [0.5, 0.6) is 5.75 Å². The molecule has 33 heavy (non-hydrogen) atoms. The Balaban J connectivity index is 1.49. The van der Waals surface area contributed by atoms with Gasteiger partial charge < -0.3 is 19.3 Å². The van der Waals surface area contributed by atoms with E-state index >= 15 is 0 Å². The van der Waals surface area contributed by atoms with Crippen molar-refractivity contribution in [3.63, 3.8) is 0 Å². The number of hydrogen-bond acceptors (Lipinski definition) is 5. The van der Waals surface area contributed by atoms with Gasteiger partial charge in [0.1, 0.15) is 11.9 Å². The molecule has 0 spiro atoms. The maximum absolute atomic E-state index is 13.3. The molecule has 0 unspecified atom stereocenters. The highest BCUT2D eigenvalue weighted by Gasteiger charge is 2.35. The van der Waals surface area contributed by atoms with E-state index in [4.69, 9.17) is 9.47 Å². The van der Waals surface area contributed by atoms with Gasteiger partial charge in [0.15, 0.2) is 0 Å². The Hall–Kier alpha value is -2.93. The zero-order chi connectivity index (χ0) is 23.2. The fraction of sp³-hybridized carbons (Fsp3) is 0.500. The van der Waals surface area contributed by atoms with E-state index in [2.05, 4.69) is 11.1 Å². The molecule has 7 nitrogen and oxygen atoms in total. The number of ether oxygens (including phenoxy) is 2. The normalized spacial score (nSPS) is 19.8. The zero-order valence-electron chi connectivity index (χ0n) is 19.5. The summed E-state index contributed by atoms with van der Waals surface area (Å²) in [5.74, 6) is 1.18. The van der Waals surface area contributed by atoms with Gasteiger partial charge in [0, 0.05) is 45.2 Å². The molecule has 0 bridgehead atoms. The Morgan fingerprint density at radius 3 is 2.70 bits per heavy atom. The number of pyridine rings is 1. The van der Waals surface area contributed by atoms with E-state index in [1.54, 1.807) is 31.6 Å². The molecule has 1 aromatic carbocycles. The highest BCUT2D eigenvalue weighted by Crippen LogP contribution is 2.29. The number of carbonyl (C=O) groups excluding carboxylic acids is 2. The zero-order valence-corrected chi connectivity index (χ0v) is 19.5. The molecule has 2 amide bonds. The summed E-state index contributed by atoms with van der Waals surface area (Å²) < 4.78 is 11.0. The third-order valence-electron chi connectivity index (χ3n) is 6.91. The number of carbonyl (C=O) groups is 2. The van der Waals surface area contributed by atoms with Crippen LogP contribution in [-0.2, 0) is 16.0 Å². The third-order valence-corrected chi connectivity index (χ3v) is 6.91. The first kappa shape index (κ1) is 23.2. The topological polar surface area (TPSA) is 72.0 Å². The van der Waals surface area contributed by atoms with Crippen LogP contribution < -0.4 is 4.74 Å². The predicted molar refractivity (Wildman–Crippen MR) is 125 cm³/mol. The molecule has 2 aliphatic heterocycles. The molecule has 0 radical (unpaired) electrons. The molecule has 2 atom stereocenters. The molecule has 4 rings (SSSR count). The number of methoxy groups -OCH3 is 1. The van der Waals surface area contributed by atoms with E-state index in [1.165, 1.54) is 0 Å². The average Bonchev–Trinajstić information content (AvgIpc) is 3.42. The maximum Gasteiger partial charge on any atom is 0.255 e. The smallest absolute Gasteiger partial charge is 0.255 e. The van der Waals surface area contributed by atoms with E-state index in [1.807, 2.05) is 35.0 Å². The largest absolute Gasteiger partial charge is 0.497 e. The van der Waals surface area contributed by atoms with Gasteiger partial charge in [0.05, 0.1) is 12.7 Å². The summed E-state index contributed by atoms with van der Waals surface area (Å²) in [5, 5.41) is 0. The van der Waals surface area contributed by atoms with Crippen LogP contribution in [0.1, 0.15) is 41.6 Å². The van der Waals surface area contributed by atoms with E-state index in [0.29, 0.717) is 25.3 Å². The second kappa shape index (κ2) is 10.8. The van der Waals surface area contributed by atoms with Crippen molar-refractivity contribution in [1.82, 2.24) is 14.8 Å². The van der Waals surface area contributed by atoms with Crippen molar-refractivity contribution < 1.29 is 19.1 Å². The number of nitrogens with zero attached hydrogens (tertiary/aromatic N) is 3. The molecule has 0 aliphatic carbocycles. The summed E-state index contributed by atoms with van der Waals surface area (Å²) in [4.78, 5) is 34.0. The van der Waals surface area contributed by atoms with Crippen LogP contribution in [-0.4, -0.2) is 72.6 Å². The highest BCUT2D eigenvalue weighted by atomic mass is 16.5. The SMILES string of the molecule is COc1cccc(C[C@@H](C2CCN(C(=O)[C@@H]3CCCO3)CC2)N(C)C(=O)c2cccnc2)c1. The Labute approximate surface area is 195 Å². The summed E-state index contributed by atoms with van der Waals surface area (Å²) in [5.41, 5.74) is 1.71. The van der Waals surface area contributed by atoms with Gasteiger partial charge in [-0.05, 0) is 67.9 Å². The van der Waals surface area contributed by atoms with Crippen LogP contribution in [0.25, 0.3) is 0 Å². The first-order valence-electron chi connectivity index (χ1n) is 11.8. The lowest BCUT2D eigenvalue weighted by Crippen LogP contribution is -2.50. The van der Waals surface area contributed by atoms with Crippen LogP contribution in [0.15, 0.2) is 48.8 Å². The monoisotopic (exact) mass is 451 g/mol. The second-order valence-corrected chi connectivity index (χ2v) is 8.95. The molecule has 0 N–H and O–H groups in total. The van der Waals surface area contributed by atoms with Gasteiger partial charge >= 0.3 is 0 Å². The molecule has 7 heteroatoms. The van der Waals surface area contributed by atoms with Crippen LogP contribution in [0.3, 0.4) is 0 Å². The van der Waals surface area contributed by atoms with Crippen molar-refractivity contribution >= 4 is 11.8 Å². The Kier molecular flexibility index (Phi) is 7.60. The number of piperidine rings is 1. The number of benzene rings is 1. The van der Waals surface area contributed by atoms with Gasteiger partial charge in [-0.1, -0.05) is 12.1 Å². The van der Waals surface area contributed by atoms with Crippen molar-refractivity contribution in [2.24, 2.45) is 5.92 Å². The molecule has 2 aromatic rings. The van der Waals surface area contributed by atoms with E-state index < -0.39 is 0 Å². The third kappa shape index (κ3) is 5.53. The van der Waals surface area contributed by atoms with Crippen LogP contribution >= 0.6 is 0 Å². The molecule has 2 aliphatic rings. The quantitative estimate of drug-likeness (QED) is 0.647. The fourth-order valence-electron chi connectivity index (χ4n) is 4.98.